The predicted octanol–water partition coefficient (Wildman–Crippen LogP) is 3.97. The Morgan fingerprint density at radius 2 is 1.87 bits per heavy atom. The van der Waals surface area contributed by atoms with Crippen LogP contribution in [0.2, 0.25) is 0 Å². The van der Waals surface area contributed by atoms with Gasteiger partial charge in [-0.15, -0.1) is 0 Å². The molecule has 0 aromatic heterocycles. The first-order valence-electron chi connectivity index (χ1n) is 6.06. The molecule has 1 atom stereocenters. The molecule has 84 valence electrons. The van der Waals surface area contributed by atoms with E-state index in [1.807, 2.05) is 0 Å². The van der Waals surface area contributed by atoms with Crippen molar-refractivity contribution in [2.45, 2.75) is 52.0 Å². The van der Waals surface area contributed by atoms with E-state index in [1.165, 1.54) is 36.8 Å². The summed E-state index contributed by atoms with van der Waals surface area (Å²) in [5, 5.41) is 0. The lowest BCUT2D eigenvalue weighted by Gasteiger charge is -2.14. The van der Waals surface area contributed by atoms with E-state index in [1.54, 1.807) is 0 Å². The van der Waals surface area contributed by atoms with E-state index in [4.69, 9.17) is 5.73 Å². The quantitative estimate of drug-likeness (QED) is 0.699. The molecule has 15 heavy (non-hydrogen) atoms. The van der Waals surface area contributed by atoms with Gasteiger partial charge in [-0.1, -0.05) is 56.9 Å². The zero-order valence-electron chi connectivity index (χ0n) is 10.00. The van der Waals surface area contributed by atoms with E-state index >= 15 is 0 Å². The smallest absolute Gasteiger partial charge is 0.0297 e. The molecule has 0 bridgehead atoms. The molecule has 0 saturated carbocycles. The fourth-order valence-electron chi connectivity index (χ4n) is 1.95. The van der Waals surface area contributed by atoms with Crippen LogP contribution in [0.5, 0.6) is 0 Å². The zero-order chi connectivity index (χ0) is 11.1. The van der Waals surface area contributed by atoms with Crippen molar-refractivity contribution < 1.29 is 0 Å². The van der Waals surface area contributed by atoms with Crippen LogP contribution in [0.15, 0.2) is 24.3 Å². The molecule has 0 aliphatic heterocycles. The zero-order valence-corrected chi connectivity index (χ0v) is 10.00. The van der Waals surface area contributed by atoms with Gasteiger partial charge in [0.05, 0.1) is 0 Å². The molecule has 1 aromatic rings. The van der Waals surface area contributed by atoms with Crippen molar-refractivity contribution in [1.29, 1.82) is 0 Å². The van der Waals surface area contributed by atoms with Crippen LogP contribution in [0.4, 0.5) is 0 Å². The molecule has 1 heteroatoms. The van der Waals surface area contributed by atoms with Crippen molar-refractivity contribution in [3.63, 3.8) is 0 Å². The minimum atomic E-state index is 0.225. The molecule has 1 nitrogen and oxygen atoms in total. The van der Waals surface area contributed by atoms with Gasteiger partial charge in [-0.05, 0) is 24.5 Å². The van der Waals surface area contributed by atoms with Gasteiger partial charge in [-0.3, -0.25) is 0 Å². The number of hydrogen-bond donors (Lipinski definition) is 1. The first-order valence-corrected chi connectivity index (χ1v) is 6.06. The van der Waals surface area contributed by atoms with Crippen LogP contribution >= 0.6 is 0 Å². The number of unbranched alkanes of at least 4 members (excludes halogenated alkanes) is 3. The van der Waals surface area contributed by atoms with Gasteiger partial charge in [0.15, 0.2) is 0 Å². The molecule has 1 rings (SSSR count). The van der Waals surface area contributed by atoms with Gasteiger partial charge in [-0.25, -0.2) is 0 Å². The van der Waals surface area contributed by atoms with Gasteiger partial charge in [0.1, 0.15) is 0 Å². The largest absolute Gasteiger partial charge is 0.324 e. The number of nitrogens with two attached hydrogens (primary N) is 1. The summed E-state index contributed by atoms with van der Waals surface area (Å²) in [5.41, 5.74) is 8.81. The summed E-state index contributed by atoms with van der Waals surface area (Å²) in [6.45, 7) is 4.38. The Kier molecular flexibility index (Phi) is 5.41. The molecule has 0 radical (unpaired) electrons. The van der Waals surface area contributed by atoms with Crippen molar-refractivity contribution in [1.82, 2.24) is 0 Å². The van der Waals surface area contributed by atoms with E-state index in [2.05, 4.69) is 38.1 Å². The number of hydrogen-bond acceptors (Lipinski definition) is 1. The van der Waals surface area contributed by atoms with Crippen molar-refractivity contribution in [2.75, 3.05) is 0 Å². The average Bonchev–Trinajstić information content (AvgIpc) is 2.25. The molecular formula is C14H23N. The predicted molar refractivity (Wildman–Crippen MR) is 66.9 cm³/mol. The summed E-state index contributed by atoms with van der Waals surface area (Å²) >= 11 is 0. The van der Waals surface area contributed by atoms with Crippen molar-refractivity contribution in [3.05, 3.63) is 35.4 Å². The van der Waals surface area contributed by atoms with E-state index in [0.29, 0.717) is 0 Å². The average molecular weight is 205 g/mol. The molecule has 0 amide bonds. The third kappa shape index (κ3) is 4.05. The number of rotatable bonds is 6. The number of aryl methyl sites for hydroxylation is 1. The standard InChI is InChI=1S/C14H23N/c1-3-4-5-6-11-14(15)13-10-8-7-9-12(13)2/h7-10,14H,3-6,11,15H2,1-2H3. The Morgan fingerprint density at radius 1 is 1.13 bits per heavy atom. The lowest BCUT2D eigenvalue weighted by atomic mass is 9.97. The van der Waals surface area contributed by atoms with Gasteiger partial charge in [0, 0.05) is 6.04 Å². The van der Waals surface area contributed by atoms with Crippen LogP contribution in [0.3, 0.4) is 0 Å². The molecule has 0 saturated heterocycles. The van der Waals surface area contributed by atoms with Crippen molar-refractivity contribution in [2.24, 2.45) is 5.73 Å². The topological polar surface area (TPSA) is 26.0 Å². The van der Waals surface area contributed by atoms with Gasteiger partial charge < -0.3 is 5.73 Å². The highest BCUT2D eigenvalue weighted by Gasteiger charge is 2.07. The maximum Gasteiger partial charge on any atom is 0.0297 e. The summed E-state index contributed by atoms with van der Waals surface area (Å²) < 4.78 is 0. The molecular weight excluding hydrogens is 182 g/mol. The Morgan fingerprint density at radius 3 is 2.53 bits per heavy atom. The first-order chi connectivity index (χ1) is 7.25. The molecule has 0 aliphatic carbocycles. The molecule has 0 fully saturated rings. The van der Waals surface area contributed by atoms with E-state index in [0.717, 1.165) is 6.42 Å². The van der Waals surface area contributed by atoms with Gasteiger partial charge in [-0.2, -0.15) is 0 Å². The molecule has 0 heterocycles. The van der Waals surface area contributed by atoms with Gasteiger partial charge >= 0.3 is 0 Å². The van der Waals surface area contributed by atoms with Gasteiger partial charge in [0.25, 0.3) is 0 Å². The van der Waals surface area contributed by atoms with E-state index in [9.17, 15) is 0 Å². The highest BCUT2D eigenvalue weighted by atomic mass is 14.6. The summed E-state index contributed by atoms with van der Waals surface area (Å²) in [5.74, 6) is 0. The number of benzene rings is 1. The van der Waals surface area contributed by atoms with Crippen molar-refractivity contribution in [3.8, 4) is 0 Å². The molecule has 0 spiro atoms. The van der Waals surface area contributed by atoms with E-state index in [-0.39, 0.29) is 6.04 Å². The lowest BCUT2D eigenvalue weighted by Crippen LogP contribution is -2.11. The maximum atomic E-state index is 6.18. The lowest BCUT2D eigenvalue weighted by molar-refractivity contribution is 0.564. The second-order valence-electron chi connectivity index (χ2n) is 4.31. The van der Waals surface area contributed by atoms with Gasteiger partial charge in [0.2, 0.25) is 0 Å². The summed E-state index contributed by atoms with van der Waals surface area (Å²) in [6.07, 6.45) is 6.31. The first kappa shape index (κ1) is 12.3. The summed E-state index contributed by atoms with van der Waals surface area (Å²) in [4.78, 5) is 0. The summed E-state index contributed by atoms with van der Waals surface area (Å²) in [6, 6.07) is 8.67. The van der Waals surface area contributed by atoms with Crippen LogP contribution in [0.25, 0.3) is 0 Å². The maximum absolute atomic E-state index is 6.18. The SMILES string of the molecule is CCCCCCC(N)c1ccccc1C. The summed E-state index contributed by atoms with van der Waals surface area (Å²) in [7, 11) is 0. The third-order valence-electron chi connectivity index (χ3n) is 2.96. The Bertz CT molecular complexity index is 280. The van der Waals surface area contributed by atoms with Crippen LogP contribution < -0.4 is 5.73 Å². The van der Waals surface area contributed by atoms with Crippen LogP contribution in [0, 0.1) is 6.92 Å². The minimum Gasteiger partial charge on any atom is -0.324 e. The van der Waals surface area contributed by atoms with Crippen LogP contribution in [-0.4, -0.2) is 0 Å². The fraction of sp³-hybridized carbons (Fsp3) is 0.571. The second kappa shape index (κ2) is 6.62. The molecule has 1 unspecified atom stereocenters. The van der Waals surface area contributed by atoms with Crippen molar-refractivity contribution >= 4 is 0 Å². The molecule has 0 aliphatic rings. The molecule has 1 aromatic carbocycles. The monoisotopic (exact) mass is 205 g/mol. The molecule has 2 N–H and O–H groups in total. The Balaban J connectivity index is 2.40. The Labute approximate surface area is 93.7 Å². The minimum absolute atomic E-state index is 0.225. The van der Waals surface area contributed by atoms with Crippen LogP contribution in [-0.2, 0) is 0 Å². The highest BCUT2D eigenvalue weighted by Crippen LogP contribution is 2.20. The Hall–Kier alpha value is -0.820. The van der Waals surface area contributed by atoms with Crippen LogP contribution in [0.1, 0.15) is 56.2 Å². The normalized spacial score (nSPS) is 12.7. The second-order valence-corrected chi connectivity index (χ2v) is 4.31. The fourth-order valence-corrected chi connectivity index (χ4v) is 1.95. The highest BCUT2D eigenvalue weighted by molar-refractivity contribution is 5.28. The van der Waals surface area contributed by atoms with E-state index < -0.39 is 0 Å². The third-order valence-corrected chi connectivity index (χ3v) is 2.96.